The molecule has 1 unspecified atom stereocenters. The molecule has 176 valence electrons. The molecule has 1 aliphatic heterocycles. The lowest BCUT2D eigenvalue weighted by molar-refractivity contribution is -0.142. The molecule has 1 aromatic rings. The molecule has 0 aliphatic carbocycles. The number of benzene rings is 1. The molecular formula is C21H21ClF5NO4. The molecule has 2 rings (SSSR count). The molecular weight excluding hydrogens is 461 g/mol. The topological polar surface area (TPSA) is 64.6 Å². The molecule has 0 saturated carbocycles. The van der Waals surface area contributed by atoms with Crippen molar-refractivity contribution in [1.82, 2.24) is 5.32 Å². The van der Waals surface area contributed by atoms with Crippen LogP contribution in [-0.2, 0) is 25.2 Å². The zero-order chi connectivity index (χ0) is 24.4. The van der Waals surface area contributed by atoms with Gasteiger partial charge in [-0.1, -0.05) is 25.4 Å². The van der Waals surface area contributed by atoms with Gasteiger partial charge in [0.2, 0.25) is 0 Å². The number of ether oxygens (including phenoxy) is 2. The molecule has 0 radical (unpaired) electrons. The SMILES string of the molecule is COC(=O)C1=C(CF)NC(C)=C(C(=O)OCC(C)C)C1c1c(F)ccc(Cl)c1C(F)(F)F. The predicted molar refractivity (Wildman–Crippen MR) is 106 cm³/mol. The van der Waals surface area contributed by atoms with E-state index in [1.807, 2.05) is 0 Å². The highest BCUT2D eigenvalue weighted by molar-refractivity contribution is 6.31. The Hall–Kier alpha value is -2.62. The van der Waals surface area contributed by atoms with Crippen molar-refractivity contribution in [3.63, 3.8) is 0 Å². The Morgan fingerprint density at radius 1 is 1.19 bits per heavy atom. The van der Waals surface area contributed by atoms with Crippen LogP contribution in [0.2, 0.25) is 5.02 Å². The van der Waals surface area contributed by atoms with E-state index in [1.165, 1.54) is 6.92 Å². The first-order chi connectivity index (χ1) is 14.8. The minimum absolute atomic E-state index is 0.0975. The van der Waals surface area contributed by atoms with Gasteiger partial charge < -0.3 is 14.8 Å². The third kappa shape index (κ3) is 5.06. The van der Waals surface area contributed by atoms with Crippen molar-refractivity contribution in [3.05, 3.63) is 56.6 Å². The summed E-state index contributed by atoms with van der Waals surface area (Å²) in [6.45, 7) is 3.31. The number of methoxy groups -OCH3 is 1. The first-order valence-corrected chi connectivity index (χ1v) is 9.80. The zero-order valence-electron chi connectivity index (χ0n) is 17.6. The van der Waals surface area contributed by atoms with Gasteiger partial charge in [-0.15, -0.1) is 0 Å². The Morgan fingerprint density at radius 2 is 1.81 bits per heavy atom. The number of esters is 2. The van der Waals surface area contributed by atoms with E-state index in [2.05, 4.69) is 10.1 Å². The summed E-state index contributed by atoms with van der Waals surface area (Å²) in [4.78, 5) is 25.4. The van der Waals surface area contributed by atoms with Gasteiger partial charge in [-0.25, -0.2) is 18.4 Å². The number of hydrogen-bond donors (Lipinski definition) is 1. The Balaban J connectivity index is 2.92. The van der Waals surface area contributed by atoms with E-state index >= 15 is 0 Å². The second-order valence-corrected chi connectivity index (χ2v) is 7.83. The Labute approximate surface area is 186 Å². The summed E-state index contributed by atoms with van der Waals surface area (Å²) in [6, 6.07) is 1.38. The average Bonchev–Trinajstić information content (AvgIpc) is 2.71. The fourth-order valence-electron chi connectivity index (χ4n) is 3.37. The Bertz CT molecular complexity index is 985. The number of allylic oxidation sites excluding steroid dienone is 2. The highest BCUT2D eigenvalue weighted by Crippen LogP contribution is 2.47. The fraction of sp³-hybridized carbons (Fsp3) is 0.429. The van der Waals surface area contributed by atoms with Gasteiger partial charge in [-0.2, -0.15) is 13.2 Å². The van der Waals surface area contributed by atoms with Crippen molar-refractivity contribution in [2.24, 2.45) is 5.92 Å². The first kappa shape index (κ1) is 25.6. The van der Waals surface area contributed by atoms with Crippen LogP contribution in [0.4, 0.5) is 22.0 Å². The molecule has 0 fully saturated rings. The molecule has 1 heterocycles. The molecule has 5 nitrogen and oxygen atoms in total. The molecule has 0 spiro atoms. The summed E-state index contributed by atoms with van der Waals surface area (Å²) in [6.07, 6.45) is -5.16. The van der Waals surface area contributed by atoms with E-state index in [9.17, 15) is 31.5 Å². The van der Waals surface area contributed by atoms with Gasteiger partial charge in [0.25, 0.3) is 0 Å². The van der Waals surface area contributed by atoms with Gasteiger partial charge in [-0.05, 0) is 25.0 Å². The van der Waals surface area contributed by atoms with Crippen molar-refractivity contribution in [3.8, 4) is 0 Å². The van der Waals surface area contributed by atoms with Crippen molar-refractivity contribution < 1.29 is 41.0 Å². The van der Waals surface area contributed by atoms with Gasteiger partial charge in [0.1, 0.15) is 12.5 Å². The van der Waals surface area contributed by atoms with Crippen LogP contribution in [0, 0.1) is 11.7 Å². The number of dihydropyridines is 1. The summed E-state index contributed by atoms with van der Waals surface area (Å²) in [5.74, 6) is -5.84. The lowest BCUT2D eigenvalue weighted by Crippen LogP contribution is -2.35. The molecule has 0 amide bonds. The minimum atomic E-state index is -5.16. The number of carbonyl (C=O) groups is 2. The number of nitrogens with one attached hydrogen (secondary N) is 1. The van der Waals surface area contributed by atoms with Gasteiger partial charge in [0.05, 0.1) is 47.1 Å². The predicted octanol–water partition coefficient (Wildman–Crippen LogP) is 5.05. The normalized spacial score (nSPS) is 16.9. The smallest absolute Gasteiger partial charge is 0.418 e. The second-order valence-electron chi connectivity index (χ2n) is 7.42. The minimum Gasteiger partial charge on any atom is -0.466 e. The molecule has 0 aromatic heterocycles. The van der Waals surface area contributed by atoms with Crippen molar-refractivity contribution in [2.75, 3.05) is 20.4 Å². The van der Waals surface area contributed by atoms with E-state index < -0.39 is 69.5 Å². The van der Waals surface area contributed by atoms with Gasteiger partial charge >= 0.3 is 18.1 Å². The molecule has 1 aliphatic rings. The highest BCUT2D eigenvalue weighted by atomic mass is 35.5. The number of carbonyl (C=O) groups excluding carboxylic acids is 2. The maximum absolute atomic E-state index is 15.0. The van der Waals surface area contributed by atoms with Crippen molar-refractivity contribution in [2.45, 2.75) is 32.9 Å². The number of halogens is 6. The highest BCUT2D eigenvalue weighted by Gasteiger charge is 2.46. The van der Waals surface area contributed by atoms with Crippen LogP contribution < -0.4 is 5.32 Å². The van der Waals surface area contributed by atoms with Gasteiger partial charge in [0.15, 0.2) is 0 Å². The van der Waals surface area contributed by atoms with E-state index in [1.54, 1.807) is 13.8 Å². The molecule has 1 atom stereocenters. The zero-order valence-corrected chi connectivity index (χ0v) is 18.4. The van der Waals surface area contributed by atoms with Crippen LogP contribution in [0.1, 0.15) is 37.8 Å². The molecule has 0 saturated heterocycles. The third-order valence-corrected chi connectivity index (χ3v) is 4.98. The number of hydrogen-bond acceptors (Lipinski definition) is 5. The van der Waals surface area contributed by atoms with Crippen LogP contribution in [0.5, 0.6) is 0 Å². The van der Waals surface area contributed by atoms with Crippen LogP contribution in [0.25, 0.3) is 0 Å². The van der Waals surface area contributed by atoms with Crippen LogP contribution in [-0.4, -0.2) is 32.3 Å². The van der Waals surface area contributed by atoms with Crippen LogP contribution in [0.3, 0.4) is 0 Å². The second kappa shape index (κ2) is 9.89. The lowest BCUT2D eigenvalue weighted by Gasteiger charge is -2.32. The van der Waals surface area contributed by atoms with Crippen molar-refractivity contribution in [1.29, 1.82) is 0 Å². The van der Waals surface area contributed by atoms with Crippen LogP contribution in [0.15, 0.2) is 34.7 Å². The monoisotopic (exact) mass is 481 g/mol. The lowest BCUT2D eigenvalue weighted by atomic mass is 9.78. The largest absolute Gasteiger partial charge is 0.466 e. The van der Waals surface area contributed by atoms with Gasteiger partial charge in [0, 0.05) is 11.3 Å². The number of alkyl halides is 4. The van der Waals surface area contributed by atoms with E-state index in [4.69, 9.17) is 16.3 Å². The fourth-order valence-corrected chi connectivity index (χ4v) is 3.64. The van der Waals surface area contributed by atoms with Crippen molar-refractivity contribution >= 4 is 23.5 Å². The third-order valence-electron chi connectivity index (χ3n) is 4.67. The van der Waals surface area contributed by atoms with E-state index in [-0.39, 0.29) is 18.2 Å². The van der Waals surface area contributed by atoms with Crippen LogP contribution >= 0.6 is 11.6 Å². The maximum Gasteiger partial charge on any atom is 0.418 e. The van der Waals surface area contributed by atoms with E-state index in [0.717, 1.165) is 7.11 Å². The molecule has 11 heteroatoms. The maximum atomic E-state index is 15.0. The van der Waals surface area contributed by atoms with E-state index in [0.29, 0.717) is 12.1 Å². The summed E-state index contributed by atoms with van der Waals surface area (Å²) in [5.41, 5.74) is -4.44. The summed E-state index contributed by atoms with van der Waals surface area (Å²) >= 11 is 5.76. The standard InChI is InChI=1S/C21H21ClF5NO4/c1-9(2)8-32-20(30)14-10(3)28-13(7-23)16(19(29)31-4)17(14)15-12(24)6-5-11(22)18(15)21(25,26)27/h5-6,9,17,28H,7-8H2,1-4H3. The average molecular weight is 482 g/mol. The first-order valence-electron chi connectivity index (χ1n) is 9.42. The quantitative estimate of drug-likeness (QED) is 0.455. The molecule has 1 N–H and O–H groups in total. The Morgan fingerprint density at radius 3 is 2.31 bits per heavy atom. The molecule has 0 bridgehead atoms. The number of rotatable bonds is 6. The van der Waals surface area contributed by atoms with Gasteiger partial charge in [-0.3, -0.25) is 0 Å². The molecule has 1 aromatic carbocycles. The summed E-state index contributed by atoms with van der Waals surface area (Å²) < 4.78 is 80.2. The summed E-state index contributed by atoms with van der Waals surface area (Å²) in [7, 11) is 0.920. The Kier molecular flexibility index (Phi) is 7.92. The summed E-state index contributed by atoms with van der Waals surface area (Å²) in [5, 5.41) is 1.63. The molecule has 32 heavy (non-hydrogen) atoms.